The summed E-state index contributed by atoms with van der Waals surface area (Å²) in [4.78, 5) is 0. The van der Waals surface area contributed by atoms with Crippen LogP contribution in [0.5, 0.6) is 0 Å². The Bertz CT molecular complexity index is 440. The molecule has 1 aromatic rings. The topological polar surface area (TPSA) is 35.8 Å². The molecule has 17 heavy (non-hydrogen) atoms. The highest BCUT2D eigenvalue weighted by Gasteiger charge is 2.24. The Morgan fingerprint density at radius 3 is 2.65 bits per heavy atom. The van der Waals surface area contributed by atoms with Crippen molar-refractivity contribution in [2.75, 3.05) is 5.32 Å². The van der Waals surface area contributed by atoms with E-state index in [2.05, 4.69) is 11.4 Å². The van der Waals surface area contributed by atoms with E-state index in [1.807, 2.05) is 0 Å². The van der Waals surface area contributed by atoms with Crippen LogP contribution in [0, 0.1) is 28.9 Å². The van der Waals surface area contributed by atoms with Crippen LogP contribution >= 0.6 is 0 Å². The second-order valence-corrected chi connectivity index (χ2v) is 4.40. The largest absolute Gasteiger partial charge is 0.381 e. The SMILES string of the molecule is N#CC1CCCCC1Nc1ccc(F)c(F)c1. The molecule has 2 rings (SSSR count). The maximum atomic E-state index is 13.0. The quantitative estimate of drug-likeness (QED) is 0.853. The Labute approximate surface area is 99.3 Å². The van der Waals surface area contributed by atoms with Crippen molar-refractivity contribution in [1.82, 2.24) is 0 Å². The zero-order chi connectivity index (χ0) is 12.3. The van der Waals surface area contributed by atoms with Crippen LogP contribution in [0.3, 0.4) is 0 Å². The highest BCUT2D eigenvalue weighted by atomic mass is 19.2. The van der Waals surface area contributed by atoms with Gasteiger partial charge >= 0.3 is 0 Å². The fraction of sp³-hybridized carbons (Fsp3) is 0.462. The third-order valence-corrected chi connectivity index (χ3v) is 3.20. The molecule has 0 radical (unpaired) electrons. The van der Waals surface area contributed by atoms with Gasteiger partial charge in [0, 0.05) is 17.8 Å². The van der Waals surface area contributed by atoms with Crippen molar-refractivity contribution in [2.45, 2.75) is 31.7 Å². The van der Waals surface area contributed by atoms with Crippen molar-refractivity contribution < 1.29 is 8.78 Å². The summed E-state index contributed by atoms with van der Waals surface area (Å²) in [7, 11) is 0. The van der Waals surface area contributed by atoms with Crippen LogP contribution in [0.1, 0.15) is 25.7 Å². The summed E-state index contributed by atoms with van der Waals surface area (Å²) in [6.45, 7) is 0. The van der Waals surface area contributed by atoms with Gasteiger partial charge in [-0.15, -0.1) is 0 Å². The van der Waals surface area contributed by atoms with E-state index in [0.29, 0.717) is 5.69 Å². The number of hydrogen-bond donors (Lipinski definition) is 1. The Hall–Kier alpha value is -1.63. The molecule has 1 fully saturated rings. The molecule has 2 atom stereocenters. The van der Waals surface area contributed by atoms with Gasteiger partial charge in [0.25, 0.3) is 0 Å². The number of rotatable bonds is 2. The monoisotopic (exact) mass is 236 g/mol. The summed E-state index contributed by atoms with van der Waals surface area (Å²) in [6, 6.07) is 6.05. The number of nitriles is 1. The second kappa shape index (κ2) is 5.13. The van der Waals surface area contributed by atoms with Gasteiger partial charge in [-0.25, -0.2) is 8.78 Å². The van der Waals surface area contributed by atoms with Crippen molar-refractivity contribution in [1.29, 1.82) is 5.26 Å². The number of nitrogens with zero attached hydrogens (tertiary/aromatic N) is 1. The fourth-order valence-electron chi connectivity index (χ4n) is 2.26. The van der Waals surface area contributed by atoms with Gasteiger partial charge in [-0.2, -0.15) is 5.26 Å². The molecule has 0 bridgehead atoms. The molecule has 0 aromatic heterocycles. The number of anilines is 1. The minimum atomic E-state index is -0.862. The average Bonchev–Trinajstić information content (AvgIpc) is 2.34. The normalized spacial score (nSPS) is 24.1. The summed E-state index contributed by atoms with van der Waals surface area (Å²) < 4.78 is 25.8. The first kappa shape index (κ1) is 11.8. The van der Waals surface area contributed by atoms with Crippen LogP contribution in [0.15, 0.2) is 18.2 Å². The highest BCUT2D eigenvalue weighted by Crippen LogP contribution is 2.27. The number of nitrogens with one attached hydrogen (secondary N) is 1. The first-order chi connectivity index (χ1) is 8.20. The minimum Gasteiger partial charge on any atom is -0.381 e. The summed E-state index contributed by atoms with van der Waals surface area (Å²) in [5.74, 6) is -1.76. The molecule has 1 saturated carbocycles. The van der Waals surface area contributed by atoms with E-state index in [0.717, 1.165) is 37.8 Å². The Balaban J connectivity index is 2.09. The Morgan fingerprint density at radius 1 is 1.18 bits per heavy atom. The van der Waals surface area contributed by atoms with Crippen molar-refractivity contribution in [3.05, 3.63) is 29.8 Å². The fourth-order valence-corrected chi connectivity index (χ4v) is 2.26. The van der Waals surface area contributed by atoms with Gasteiger partial charge in [0.15, 0.2) is 11.6 Å². The molecule has 0 aliphatic heterocycles. The van der Waals surface area contributed by atoms with E-state index in [4.69, 9.17) is 5.26 Å². The van der Waals surface area contributed by atoms with Gasteiger partial charge in [0.05, 0.1) is 12.0 Å². The van der Waals surface area contributed by atoms with E-state index >= 15 is 0 Å². The third kappa shape index (κ3) is 2.73. The summed E-state index contributed by atoms with van der Waals surface area (Å²) >= 11 is 0. The first-order valence-electron chi connectivity index (χ1n) is 5.82. The maximum absolute atomic E-state index is 13.0. The number of benzene rings is 1. The standard InChI is InChI=1S/C13H14F2N2/c14-11-6-5-10(7-12(11)15)17-13-4-2-1-3-9(13)8-16/h5-7,9,13,17H,1-4H2. The highest BCUT2D eigenvalue weighted by molar-refractivity contribution is 5.44. The molecule has 0 amide bonds. The lowest BCUT2D eigenvalue weighted by molar-refractivity contribution is 0.388. The predicted octanol–water partition coefficient (Wildman–Crippen LogP) is 3.46. The van der Waals surface area contributed by atoms with Crippen molar-refractivity contribution in [3.8, 4) is 6.07 Å². The van der Waals surface area contributed by atoms with Gasteiger partial charge in [-0.05, 0) is 25.0 Å². The minimum absolute atomic E-state index is 0.0404. The zero-order valence-electron chi connectivity index (χ0n) is 9.42. The molecule has 4 heteroatoms. The molecule has 90 valence electrons. The lowest BCUT2D eigenvalue weighted by Crippen LogP contribution is -2.31. The molecule has 0 spiro atoms. The van der Waals surface area contributed by atoms with Gasteiger partial charge < -0.3 is 5.32 Å². The summed E-state index contributed by atoms with van der Waals surface area (Å²) in [6.07, 6.45) is 3.91. The lowest BCUT2D eigenvalue weighted by Gasteiger charge is -2.28. The van der Waals surface area contributed by atoms with Crippen molar-refractivity contribution in [3.63, 3.8) is 0 Å². The van der Waals surface area contributed by atoms with Crippen LogP contribution < -0.4 is 5.32 Å². The van der Waals surface area contributed by atoms with Gasteiger partial charge in [0.2, 0.25) is 0 Å². The van der Waals surface area contributed by atoms with E-state index in [1.165, 1.54) is 6.07 Å². The van der Waals surface area contributed by atoms with Crippen molar-refractivity contribution >= 4 is 5.69 Å². The molecule has 1 aliphatic carbocycles. The van der Waals surface area contributed by atoms with E-state index < -0.39 is 11.6 Å². The first-order valence-corrected chi connectivity index (χ1v) is 5.82. The molecule has 0 saturated heterocycles. The van der Waals surface area contributed by atoms with E-state index in [1.54, 1.807) is 0 Å². The van der Waals surface area contributed by atoms with E-state index in [9.17, 15) is 8.78 Å². The molecule has 1 aliphatic rings. The molecular formula is C13H14F2N2. The molecule has 1 aromatic carbocycles. The van der Waals surface area contributed by atoms with Crippen LogP contribution in [0.2, 0.25) is 0 Å². The second-order valence-electron chi connectivity index (χ2n) is 4.40. The number of hydrogen-bond acceptors (Lipinski definition) is 2. The smallest absolute Gasteiger partial charge is 0.160 e. The van der Waals surface area contributed by atoms with Gasteiger partial charge in [0.1, 0.15) is 0 Å². The average molecular weight is 236 g/mol. The van der Waals surface area contributed by atoms with Crippen LogP contribution in [-0.4, -0.2) is 6.04 Å². The molecular weight excluding hydrogens is 222 g/mol. The van der Waals surface area contributed by atoms with E-state index in [-0.39, 0.29) is 12.0 Å². The zero-order valence-corrected chi connectivity index (χ0v) is 9.42. The van der Waals surface area contributed by atoms with Crippen LogP contribution in [0.25, 0.3) is 0 Å². The lowest BCUT2D eigenvalue weighted by atomic mass is 9.85. The molecule has 2 nitrogen and oxygen atoms in total. The molecule has 0 heterocycles. The van der Waals surface area contributed by atoms with Crippen molar-refractivity contribution in [2.24, 2.45) is 5.92 Å². The molecule has 1 N–H and O–H groups in total. The van der Waals surface area contributed by atoms with Gasteiger partial charge in [-0.1, -0.05) is 12.8 Å². The number of halogens is 2. The Kier molecular flexibility index (Phi) is 3.58. The van der Waals surface area contributed by atoms with Crippen LogP contribution in [-0.2, 0) is 0 Å². The predicted molar refractivity (Wildman–Crippen MR) is 61.3 cm³/mol. The molecule has 2 unspecified atom stereocenters. The summed E-state index contributed by atoms with van der Waals surface area (Å²) in [5, 5.41) is 12.1. The van der Waals surface area contributed by atoms with Crippen LogP contribution in [0.4, 0.5) is 14.5 Å². The summed E-state index contributed by atoms with van der Waals surface area (Å²) in [5.41, 5.74) is 0.538. The third-order valence-electron chi connectivity index (χ3n) is 3.20. The Morgan fingerprint density at radius 2 is 1.94 bits per heavy atom. The van der Waals surface area contributed by atoms with Gasteiger partial charge in [-0.3, -0.25) is 0 Å². The maximum Gasteiger partial charge on any atom is 0.160 e.